The number of benzene rings is 2. The van der Waals surface area contributed by atoms with Gasteiger partial charge in [0.2, 0.25) is 0 Å². The van der Waals surface area contributed by atoms with Gasteiger partial charge in [-0.25, -0.2) is 15.0 Å². The van der Waals surface area contributed by atoms with Gasteiger partial charge in [-0.15, -0.1) is 0 Å². The largest absolute Gasteiger partial charge is 0.495 e. The van der Waals surface area contributed by atoms with Crippen molar-refractivity contribution < 1.29 is 4.74 Å². The van der Waals surface area contributed by atoms with Crippen molar-refractivity contribution in [3.8, 4) is 11.4 Å². The van der Waals surface area contributed by atoms with Crippen molar-refractivity contribution in [1.82, 2.24) is 19.5 Å². The second-order valence-electron chi connectivity index (χ2n) is 6.17. The number of aromatic nitrogens is 4. The maximum atomic E-state index is 6.04. The van der Waals surface area contributed by atoms with Crippen LogP contribution in [0.5, 0.6) is 5.75 Å². The molecule has 0 fully saturated rings. The van der Waals surface area contributed by atoms with Gasteiger partial charge in [0, 0.05) is 11.6 Å². The highest BCUT2D eigenvalue weighted by atomic mass is 16.5. The summed E-state index contributed by atoms with van der Waals surface area (Å²) < 4.78 is 7.48. The summed E-state index contributed by atoms with van der Waals surface area (Å²) >= 11 is 0. The third-order valence-electron chi connectivity index (χ3n) is 4.27. The van der Waals surface area contributed by atoms with E-state index in [1.165, 1.54) is 0 Å². The minimum atomic E-state index is 0.476. The summed E-state index contributed by atoms with van der Waals surface area (Å²) in [7, 11) is 1.66. The van der Waals surface area contributed by atoms with Crippen molar-refractivity contribution in [3.05, 3.63) is 72.1 Å². The molecule has 2 aromatic heterocycles. The Balaban J connectivity index is 1.66. The van der Waals surface area contributed by atoms with E-state index >= 15 is 0 Å². The highest BCUT2D eigenvalue weighted by molar-refractivity contribution is 5.88. The molecule has 6 heteroatoms. The van der Waals surface area contributed by atoms with E-state index in [0.717, 1.165) is 33.6 Å². The SMILES string of the molecule is COc1cc(/C=C/c2nc(N)c3ccccc3n2)ccc1-n1cnc(C)c1. The summed E-state index contributed by atoms with van der Waals surface area (Å²) in [5, 5.41) is 0.858. The lowest BCUT2D eigenvalue weighted by Crippen LogP contribution is -1.97. The van der Waals surface area contributed by atoms with Crippen LogP contribution in [0.15, 0.2) is 55.0 Å². The minimum absolute atomic E-state index is 0.476. The normalized spacial score (nSPS) is 11.3. The van der Waals surface area contributed by atoms with E-state index in [4.69, 9.17) is 10.5 Å². The average molecular weight is 357 g/mol. The number of fused-ring (bicyclic) bond motifs is 1. The summed E-state index contributed by atoms with van der Waals surface area (Å²) in [5.74, 6) is 1.80. The molecule has 0 saturated heterocycles. The van der Waals surface area contributed by atoms with Crippen LogP contribution in [0.1, 0.15) is 17.1 Å². The Hall–Kier alpha value is -3.67. The molecule has 0 saturated carbocycles. The van der Waals surface area contributed by atoms with Crippen molar-refractivity contribution in [3.63, 3.8) is 0 Å². The minimum Gasteiger partial charge on any atom is -0.495 e. The van der Waals surface area contributed by atoms with Gasteiger partial charge in [0.05, 0.1) is 30.3 Å². The topological polar surface area (TPSA) is 78.9 Å². The zero-order valence-corrected chi connectivity index (χ0v) is 15.1. The Labute approximate surface area is 157 Å². The molecule has 2 heterocycles. The molecule has 134 valence electrons. The molecule has 4 rings (SSSR count). The summed E-state index contributed by atoms with van der Waals surface area (Å²) in [6.45, 7) is 1.95. The van der Waals surface area contributed by atoms with Crippen LogP contribution in [0, 0.1) is 6.92 Å². The molecular weight excluding hydrogens is 338 g/mol. The molecule has 0 bridgehead atoms. The van der Waals surface area contributed by atoms with Gasteiger partial charge in [0.25, 0.3) is 0 Å². The van der Waals surface area contributed by atoms with E-state index in [1.54, 1.807) is 13.4 Å². The Morgan fingerprint density at radius 2 is 1.93 bits per heavy atom. The van der Waals surface area contributed by atoms with Crippen LogP contribution in [-0.4, -0.2) is 26.6 Å². The maximum absolute atomic E-state index is 6.04. The first-order valence-electron chi connectivity index (χ1n) is 8.53. The average Bonchev–Trinajstić information content (AvgIpc) is 3.12. The van der Waals surface area contributed by atoms with E-state index in [0.29, 0.717) is 11.6 Å². The van der Waals surface area contributed by atoms with E-state index in [2.05, 4.69) is 15.0 Å². The fourth-order valence-corrected chi connectivity index (χ4v) is 2.93. The first kappa shape index (κ1) is 16.8. The molecule has 0 unspecified atom stereocenters. The fraction of sp³-hybridized carbons (Fsp3) is 0.0952. The number of anilines is 1. The van der Waals surface area contributed by atoms with Crippen molar-refractivity contribution in [2.24, 2.45) is 0 Å². The number of imidazole rings is 1. The number of nitrogens with zero attached hydrogens (tertiary/aromatic N) is 4. The van der Waals surface area contributed by atoms with Crippen LogP contribution >= 0.6 is 0 Å². The van der Waals surface area contributed by atoms with Crippen LogP contribution < -0.4 is 10.5 Å². The summed E-state index contributed by atoms with van der Waals surface area (Å²) in [4.78, 5) is 13.2. The molecule has 0 amide bonds. The number of para-hydroxylation sites is 1. The molecule has 0 aliphatic heterocycles. The quantitative estimate of drug-likeness (QED) is 0.599. The van der Waals surface area contributed by atoms with Gasteiger partial charge in [-0.3, -0.25) is 0 Å². The molecule has 2 aromatic carbocycles. The van der Waals surface area contributed by atoms with Crippen molar-refractivity contribution in [2.75, 3.05) is 12.8 Å². The third-order valence-corrected chi connectivity index (χ3v) is 4.27. The Morgan fingerprint density at radius 3 is 2.70 bits per heavy atom. The molecule has 0 aliphatic rings. The summed E-state index contributed by atoms with van der Waals surface area (Å²) in [6.07, 6.45) is 7.51. The maximum Gasteiger partial charge on any atom is 0.154 e. The first-order chi connectivity index (χ1) is 13.1. The fourth-order valence-electron chi connectivity index (χ4n) is 2.93. The van der Waals surface area contributed by atoms with Crippen LogP contribution in [0.4, 0.5) is 5.82 Å². The summed E-state index contributed by atoms with van der Waals surface area (Å²) in [6, 6.07) is 13.7. The highest BCUT2D eigenvalue weighted by Crippen LogP contribution is 2.25. The van der Waals surface area contributed by atoms with Crippen LogP contribution in [0.25, 0.3) is 28.7 Å². The van der Waals surface area contributed by atoms with Crippen molar-refractivity contribution >= 4 is 28.9 Å². The van der Waals surface area contributed by atoms with Crippen LogP contribution in [0.3, 0.4) is 0 Å². The molecule has 0 radical (unpaired) electrons. The van der Waals surface area contributed by atoms with Gasteiger partial charge < -0.3 is 15.0 Å². The van der Waals surface area contributed by atoms with Gasteiger partial charge in [0.15, 0.2) is 5.82 Å². The molecular formula is C21H19N5O. The Bertz CT molecular complexity index is 1150. The predicted octanol–water partition coefficient (Wildman–Crippen LogP) is 3.89. The van der Waals surface area contributed by atoms with Gasteiger partial charge in [-0.05, 0) is 42.8 Å². The number of nitrogens with two attached hydrogens (primary N) is 1. The molecule has 6 nitrogen and oxygen atoms in total. The number of aryl methyl sites for hydroxylation is 1. The number of hydrogen-bond donors (Lipinski definition) is 1. The number of ether oxygens (including phenoxy) is 1. The predicted molar refractivity (Wildman–Crippen MR) is 108 cm³/mol. The van der Waals surface area contributed by atoms with E-state index in [-0.39, 0.29) is 0 Å². The lowest BCUT2D eigenvalue weighted by Gasteiger charge is -2.10. The summed E-state index contributed by atoms with van der Waals surface area (Å²) in [5.41, 5.74) is 9.73. The number of hydrogen-bond acceptors (Lipinski definition) is 5. The molecule has 0 aliphatic carbocycles. The Morgan fingerprint density at radius 1 is 1.07 bits per heavy atom. The molecule has 27 heavy (non-hydrogen) atoms. The zero-order chi connectivity index (χ0) is 18.8. The number of rotatable bonds is 4. The van der Waals surface area contributed by atoms with Gasteiger partial charge in [0.1, 0.15) is 11.6 Å². The highest BCUT2D eigenvalue weighted by Gasteiger charge is 2.07. The lowest BCUT2D eigenvalue weighted by molar-refractivity contribution is 0.413. The first-order valence-corrected chi connectivity index (χ1v) is 8.53. The third kappa shape index (κ3) is 3.37. The molecule has 4 aromatic rings. The van der Waals surface area contributed by atoms with Gasteiger partial charge in [-0.2, -0.15) is 0 Å². The standard InChI is InChI=1S/C21H19N5O/c1-14-12-26(13-23-14)18-9-7-15(11-19(18)27-2)8-10-20-24-17-6-4-3-5-16(17)21(22)25-20/h3-13H,1-2H3,(H2,22,24,25)/b10-8+. The van der Waals surface area contributed by atoms with E-state index in [1.807, 2.05) is 72.3 Å². The molecule has 2 N–H and O–H groups in total. The van der Waals surface area contributed by atoms with Crippen molar-refractivity contribution in [1.29, 1.82) is 0 Å². The van der Waals surface area contributed by atoms with E-state index in [9.17, 15) is 0 Å². The second kappa shape index (κ2) is 6.92. The number of methoxy groups -OCH3 is 1. The Kier molecular flexibility index (Phi) is 4.30. The van der Waals surface area contributed by atoms with Crippen LogP contribution in [-0.2, 0) is 0 Å². The zero-order valence-electron chi connectivity index (χ0n) is 15.1. The second-order valence-corrected chi connectivity index (χ2v) is 6.17. The molecule has 0 spiro atoms. The molecule has 0 atom stereocenters. The van der Waals surface area contributed by atoms with E-state index < -0.39 is 0 Å². The van der Waals surface area contributed by atoms with Crippen LogP contribution in [0.2, 0.25) is 0 Å². The smallest absolute Gasteiger partial charge is 0.154 e. The number of nitrogen functional groups attached to an aromatic ring is 1. The monoisotopic (exact) mass is 357 g/mol. The lowest BCUT2D eigenvalue weighted by atomic mass is 10.1. The van der Waals surface area contributed by atoms with Gasteiger partial charge in [-0.1, -0.05) is 24.3 Å². The van der Waals surface area contributed by atoms with Crippen molar-refractivity contribution in [2.45, 2.75) is 6.92 Å². The van der Waals surface area contributed by atoms with Gasteiger partial charge >= 0.3 is 0 Å².